The Morgan fingerprint density at radius 2 is 1.19 bits per heavy atom. The summed E-state index contributed by atoms with van der Waals surface area (Å²) in [6.07, 6.45) is 10.3. The van der Waals surface area contributed by atoms with E-state index in [4.69, 9.17) is 10.5 Å². The van der Waals surface area contributed by atoms with Gasteiger partial charge in [-0.15, -0.1) is 0 Å². The van der Waals surface area contributed by atoms with E-state index in [-0.39, 0.29) is 17.1 Å². The van der Waals surface area contributed by atoms with E-state index in [1.807, 2.05) is 0 Å². The van der Waals surface area contributed by atoms with Crippen LogP contribution in [0.1, 0.15) is 100.0 Å². The number of benzene rings is 2. The van der Waals surface area contributed by atoms with E-state index < -0.39 is 5.97 Å². The smallest absolute Gasteiger partial charge is 0.338 e. The van der Waals surface area contributed by atoms with Crippen LogP contribution in [0.4, 0.5) is 0 Å². The fourth-order valence-corrected chi connectivity index (χ4v) is 3.96. The normalized spacial score (nSPS) is 12.4. The highest BCUT2D eigenvalue weighted by atomic mass is 16.5. The number of carbonyl (C=O) groups excluding carboxylic acids is 3. The molecule has 31 heavy (non-hydrogen) atoms. The van der Waals surface area contributed by atoms with Gasteiger partial charge in [0.25, 0.3) is 0 Å². The summed E-state index contributed by atoms with van der Waals surface area (Å²) in [6, 6.07) is 11.4. The van der Waals surface area contributed by atoms with Gasteiger partial charge >= 0.3 is 5.97 Å². The Morgan fingerprint density at radius 3 is 1.81 bits per heavy atom. The molecule has 1 aliphatic rings. The number of unbranched alkanes of at least 4 members (excludes halogenated alkanes) is 8. The molecule has 0 saturated heterocycles. The van der Waals surface area contributed by atoms with Crippen molar-refractivity contribution in [3.8, 4) is 0 Å². The molecule has 2 aromatic carbocycles. The van der Waals surface area contributed by atoms with Gasteiger partial charge in [-0.2, -0.15) is 0 Å². The molecule has 0 aromatic heterocycles. The topological polar surface area (TPSA) is 86.5 Å². The van der Waals surface area contributed by atoms with Crippen molar-refractivity contribution in [2.24, 2.45) is 5.73 Å². The van der Waals surface area contributed by atoms with Crippen molar-refractivity contribution < 1.29 is 19.1 Å². The van der Waals surface area contributed by atoms with Crippen molar-refractivity contribution in [3.63, 3.8) is 0 Å². The first-order valence-corrected chi connectivity index (χ1v) is 11.3. The Balaban J connectivity index is 1.43. The molecule has 0 aliphatic heterocycles. The lowest BCUT2D eigenvalue weighted by Gasteiger charge is -2.17. The molecule has 2 aromatic rings. The molecule has 0 radical (unpaired) electrons. The molecule has 0 unspecified atom stereocenters. The van der Waals surface area contributed by atoms with E-state index >= 15 is 0 Å². The quantitative estimate of drug-likeness (QED) is 0.325. The summed E-state index contributed by atoms with van der Waals surface area (Å²) in [7, 11) is 0. The van der Waals surface area contributed by atoms with Crippen LogP contribution in [0.3, 0.4) is 0 Å². The van der Waals surface area contributed by atoms with E-state index in [0.29, 0.717) is 28.9 Å². The summed E-state index contributed by atoms with van der Waals surface area (Å²) in [4.78, 5) is 37.8. The van der Waals surface area contributed by atoms with Gasteiger partial charge in [-0.25, -0.2) is 4.79 Å². The molecule has 164 valence electrons. The van der Waals surface area contributed by atoms with Crippen molar-refractivity contribution in [2.45, 2.75) is 57.8 Å². The number of ether oxygens (including phenoxy) is 1. The second-order valence-corrected chi connectivity index (χ2v) is 8.07. The SMILES string of the molecule is NCCCCCCCCCCCOC(=O)c1ccc2c(c1)C(=O)c1ccccc1C2=O. The van der Waals surface area contributed by atoms with Gasteiger partial charge in [-0.3, -0.25) is 9.59 Å². The maximum Gasteiger partial charge on any atom is 0.338 e. The molecule has 5 nitrogen and oxygen atoms in total. The zero-order valence-corrected chi connectivity index (χ0v) is 18.0. The summed E-state index contributed by atoms with van der Waals surface area (Å²) in [6.45, 7) is 1.15. The summed E-state index contributed by atoms with van der Waals surface area (Å²) in [5.74, 6) is -0.880. The molecule has 3 rings (SSSR count). The third-order valence-corrected chi connectivity index (χ3v) is 5.74. The minimum atomic E-state index is -0.457. The van der Waals surface area contributed by atoms with E-state index in [1.54, 1.807) is 36.4 Å². The lowest BCUT2D eigenvalue weighted by atomic mass is 9.83. The Hall–Kier alpha value is -2.79. The predicted octanol–water partition coefficient (Wildman–Crippen LogP) is 5.09. The monoisotopic (exact) mass is 421 g/mol. The van der Waals surface area contributed by atoms with Gasteiger partial charge in [0.1, 0.15) is 0 Å². The van der Waals surface area contributed by atoms with Crippen molar-refractivity contribution in [1.82, 2.24) is 0 Å². The second kappa shape index (κ2) is 11.6. The van der Waals surface area contributed by atoms with Crippen LogP contribution in [0, 0.1) is 0 Å². The minimum absolute atomic E-state index is 0.190. The van der Waals surface area contributed by atoms with Gasteiger partial charge in [0.15, 0.2) is 11.6 Å². The number of ketones is 2. The maximum absolute atomic E-state index is 12.8. The first-order chi connectivity index (χ1) is 15.1. The molecular formula is C26H31NO4. The largest absolute Gasteiger partial charge is 0.462 e. The van der Waals surface area contributed by atoms with Crippen LogP contribution in [0.15, 0.2) is 42.5 Å². The Morgan fingerprint density at radius 1 is 0.677 bits per heavy atom. The average molecular weight is 422 g/mol. The van der Waals surface area contributed by atoms with Crippen LogP contribution in [0.2, 0.25) is 0 Å². The molecule has 2 N–H and O–H groups in total. The standard InChI is InChI=1S/C26H31NO4/c27-16-10-6-4-2-1-3-5-7-11-17-31-26(30)19-14-15-22-23(18-19)25(29)21-13-9-8-12-20(21)24(22)28/h8-9,12-15,18H,1-7,10-11,16-17,27H2. The van der Waals surface area contributed by atoms with Gasteiger partial charge in [-0.1, -0.05) is 69.2 Å². The minimum Gasteiger partial charge on any atom is -0.462 e. The fraction of sp³-hybridized carbons (Fsp3) is 0.423. The fourth-order valence-electron chi connectivity index (χ4n) is 3.96. The lowest BCUT2D eigenvalue weighted by Crippen LogP contribution is -2.21. The van der Waals surface area contributed by atoms with Crippen LogP contribution in [-0.2, 0) is 4.74 Å². The second-order valence-electron chi connectivity index (χ2n) is 8.07. The van der Waals surface area contributed by atoms with Crippen molar-refractivity contribution >= 4 is 17.5 Å². The van der Waals surface area contributed by atoms with Gasteiger partial charge in [-0.05, 0) is 37.6 Å². The third-order valence-electron chi connectivity index (χ3n) is 5.74. The van der Waals surface area contributed by atoms with E-state index in [9.17, 15) is 14.4 Å². The van der Waals surface area contributed by atoms with Crippen molar-refractivity contribution in [1.29, 1.82) is 0 Å². The third kappa shape index (κ3) is 5.88. The number of carbonyl (C=O) groups is 3. The molecule has 5 heteroatoms. The zero-order valence-electron chi connectivity index (χ0n) is 18.0. The number of esters is 1. The lowest BCUT2D eigenvalue weighted by molar-refractivity contribution is 0.0497. The van der Waals surface area contributed by atoms with Crippen LogP contribution >= 0.6 is 0 Å². The highest BCUT2D eigenvalue weighted by molar-refractivity contribution is 6.28. The van der Waals surface area contributed by atoms with Crippen LogP contribution < -0.4 is 5.73 Å². The first-order valence-electron chi connectivity index (χ1n) is 11.3. The Labute approximate surface area is 184 Å². The summed E-state index contributed by atoms with van der Waals surface area (Å²) in [5, 5.41) is 0. The van der Waals surface area contributed by atoms with Gasteiger partial charge in [0.2, 0.25) is 0 Å². The highest BCUT2D eigenvalue weighted by Gasteiger charge is 2.30. The summed E-state index contributed by atoms with van der Waals surface area (Å²) in [5.41, 5.74) is 7.19. The van der Waals surface area contributed by atoms with Gasteiger partial charge in [0.05, 0.1) is 12.2 Å². The van der Waals surface area contributed by atoms with E-state index in [1.165, 1.54) is 38.2 Å². The predicted molar refractivity (Wildman–Crippen MR) is 121 cm³/mol. The molecular weight excluding hydrogens is 390 g/mol. The molecule has 0 amide bonds. The Bertz CT molecular complexity index is 935. The molecule has 0 saturated carbocycles. The molecule has 1 aliphatic carbocycles. The van der Waals surface area contributed by atoms with Crippen molar-refractivity contribution in [2.75, 3.05) is 13.2 Å². The molecule has 0 fully saturated rings. The molecule has 0 bridgehead atoms. The maximum atomic E-state index is 12.8. The summed E-state index contributed by atoms with van der Waals surface area (Å²) >= 11 is 0. The van der Waals surface area contributed by atoms with Crippen LogP contribution in [0.25, 0.3) is 0 Å². The zero-order chi connectivity index (χ0) is 22.1. The number of hydrogen-bond donors (Lipinski definition) is 1. The number of fused-ring (bicyclic) bond motifs is 2. The molecule has 0 spiro atoms. The molecule has 0 heterocycles. The van der Waals surface area contributed by atoms with Crippen LogP contribution in [0.5, 0.6) is 0 Å². The Kier molecular flexibility index (Phi) is 8.53. The molecule has 0 atom stereocenters. The van der Waals surface area contributed by atoms with Crippen molar-refractivity contribution in [3.05, 3.63) is 70.3 Å². The first kappa shape index (κ1) is 22.9. The average Bonchev–Trinajstić information content (AvgIpc) is 2.80. The number of hydrogen-bond acceptors (Lipinski definition) is 5. The van der Waals surface area contributed by atoms with Gasteiger partial charge < -0.3 is 10.5 Å². The number of nitrogens with two attached hydrogens (primary N) is 1. The summed E-state index contributed by atoms with van der Waals surface area (Å²) < 4.78 is 5.38. The van der Waals surface area contributed by atoms with Crippen LogP contribution in [-0.4, -0.2) is 30.7 Å². The number of rotatable bonds is 12. The van der Waals surface area contributed by atoms with E-state index in [2.05, 4.69) is 0 Å². The van der Waals surface area contributed by atoms with E-state index in [0.717, 1.165) is 32.2 Å². The van der Waals surface area contributed by atoms with Gasteiger partial charge in [0, 0.05) is 22.3 Å². The highest BCUT2D eigenvalue weighted by Crippen LogP contribution is 2.28.